The fourth-order valence-corrected chi connectivity index (χ4v) is 2.93. The van der Waals surface area contributed by atoms with Crippen molar-refractivity contribution in [2.45, 2.75) is 32.7 Å². The predicted molar refractivity (Wildman–Crippen MR) is 105 cm³/mol. The average molecular weight is 350 g/mol. The smallest absolute Gasteiger partial charge is 0.191 e. The molecule has 26 heavy (non-hydrogen) atoms. The van der Waals surface area contributed by atoms with Gasteiger partial charge < -0.3 is 10.6 Å². The van der Waals surface area contributed by atoms with E-state index in [0.717, 1.165) is 36.9 Å². The molecule has 1 aromatic carbocycles. The van der Waals surface area contributed by atoms with Gasteiger partial charge in [0.1, 0.15) is 6.54 Å². The van der Waals surface area contributed by atoms with E-state index in [1.807, 2.05) is 28.8 Å². The van der Waals surface area contributed by atoms with Crippen LogP contribution in [0.2, 0.25) is 0 Å². The summed E-state index contributed by atoms with van der Waals surface area (Å²) in [5, 5.41) is 15.2. The lowest BCUT2D eigenvalue weighted by atomic mass is 9.97. The average Bonchev–Trinajstić information content (AvgIpc) is 3.10. The number of nitrogens with one attached hydrogen (secondary N) is 2. The van der Waals surface area contributed by atoms with E-state index < -0.39 is 0 Å². The van der Waals surface area contributed by atoms with Gasteiger partial charge in [0.05, 0.1) is 0 Å². The number of benzene rings is 1. The first-order chi connectivity index (χ1) is 12.8. The van der Waals surface area contributed by atoms with Gasteiger partial charge in [-0.15, -0.1) is 10.2 Å². The maximum absolute atomic E-state index is 4.68. The first-order valence-electron chi connectivity index (χ1n) is 9.17. The van der Waals surface area contributed by atoms with Gasteiger partial charge in [0.15, 0.2) is 17.4 Å². The number of rotatable bonds is 7. The molecule has 2 aromatic heterocycles. The summed E-state index contributed by atoms with van der Waals surface area (Å²) in [4.78, 5) is 4.68. The van der Waals surface area contributed by atoms with Crippen molar-refractivity contribution in [3.8, 4) is 0 Å². The molecule has 6 heteroatoms. The second kappa shape index (κ2) is 8.99. The molecule has 3 aromatic rings. The summed E-state index contributed by atoms with van der Waals surface area (Å²) in [6.07, 6.45) is 3.04. The van der Waals surface area contributed by atoms with E-state index in [1.165, 1.54) is 5.56 Å². The number of aromatic nitrogens is 3. The molecule has 1 atom stereocenters. The van der Waals surface area contributed by atoms with Crippen molar-refractivity contribution in [3.63, 3.8) is 0 Å². The highest BCUT2D eigenvalue weighted by molar-refractivity contribution is 5.79. The van der Waals surface area contributed by atoms with E-state index in [-0.39, 0.29) is 0 Å². The number of pyridine rings is 1. The van der Waals surface area contributed by atoms with Crippen LogP contribution in [0.25, 0.3) is 5.65 Å². The molecule has 0 saturated heterocycles. The van der Waals surface area contributed by atoms with Gasteiger partial charge in [0.2, 0.25) is 0 Å². The Labute approximate surface area is 154 Å². The molecular weight excluding hydrogens is 324 g/mol. The Balaban J connectivity index is 1.67. The molecule has 0 aliphatic heterocycles. The summed E-state index contributed by atoms with van der Waals surface area (Å²) in [6, 6.07) is 16.5. The number of hydrogen-bond acceptors (Lipinski definition) is 3. The predicted octanol–water partition coefficient (Wildman–Crippen LogP) is 2.98. The Bertz CT molecular complexity index is 840. The topological polar surface area (TPSA) is 66.6 Å². The molecule has 0 amide bonds. The molecule has 2 N–H and O–H groups in total. The fraction of sp³-hybridized carbons (Fsp3) is 0.350. The normalized spacial score (nSPS) is 12.9. The van der Waals surface area contributed by atoms with Crippen molar-refractivity contribution in [1.29, 1.82) is 0 Å². The standard InChI is InChI=1S/C20H26N6/c1-3-16(17-10-6-5-7-11-17)14-22-20(21-4-2)23-15-19-25-24-18-12-8-9-13-26(18)19/h5-13,16H,3-4,14-15H2,1-2H3,(H2,21,22,23). The molecule has 3 rings (SSSR count). The second-order valence-corrected chi connectivity index (χ2v) is 6.14. The quantitative estimate of drug-likeness (QED) is 0.508. The van der Waals surface area contributed by atoms with E-state index in [2.05, 4.69) is 70.0 Å². The van der Waals surface area contributed by atoms with Crippen LogP contribution in [0, 0.1) is 0 Å². The van der Waals surface area contributed by atoms with Crippen LogP contribution >= 0.6 is 0 Å². The van der Waals surface area contributed by atoms with Crippen LogP contribution in [0.1, 0.15) is 37.6 Å². The largest absolute Gasteiger partial charge is 0.357 e. The number of guanidine groups is 1. The molecular formula is C20H26N6. The van der Waals surface area contributed by atoms with Gasteiger partial charge in [0, 0.05) is 25.2 Å². The lowest BCUT2D eigenvalue weighted by molar-refractivity contribution is 0.629. The molecule has 0 spiro atoms. The number of fused-ring (bicyclic) bond motifs is 1. The Morgan fingerprint density at radius 2 is 1.85 bits per heavy atom. The van der Waals surface area contributed by atoms with Crippen LogP contribution in [0.3, 0.4) is 0 Å². The molecule has 1 unspecified atom stereocenters. The van der Waals surface area contributed by atoms with Crippen molar-refractivity contribution in [1.82, 2.24) is 25.2 Å². The number of nitrogens with zero attached hydrogens (tertiary/aromatic N) is 4. The van der Waals surface area contributed by atoms with Crippen molar-refractivity contribution in [2.75, 3.05) is 13.1 Å². The first-order valence-corrected chi connectivity index (χ1v) is 9.17. The van der Waals surface area contributed by atoms with Gasteiger partial charge in [-0.25, -0.2) is 4.99 Å². The molecule has 0 aliphatic carbocycles. The molecule has 0 aliphatic rings. The van der Waals surface area contributed by atoms with E-state index >= 15 is 0 Å². The van der Waals surface area contributed by atoms with Crippen LogP contribution in [0.5, 0.6) is 0 Å². The van der Waals surface area contributed by atoms with Gasteiger partial charge in [-0.3, -0.25) is 4.40 Å². The summed E-state index contributed by atoms with van der Waals surface area (Å²) >= 11 is 0. The molecule has 0 bridgehead atoms. The van der Waals surface area contributed by atoms with Crippen LogP contribution in [-0.4, -0.2) is 33.6 Å². The summed E-state index contributed by atoms with van der Waals surface area (Å²) in [7, 11) is 0. The third-order valence-corrected chi connectivity index (χ3v) is 4.39. The Kier molecular flexibility index (Phi) is 6.19. The monoisotopic (exact) mass is 350 g/mol. The maximum atomic E-state index is 4.68. The van der Waals surface area contributed by atoms with Crippen LogP contribution < -0.4 is 10.6 Å². The molecule has 6 nitrogen and oxygen atoms in total. The van der Waals surface area contributed by atoms with Crippen LogP contribution in [0.15, 0.2) is 59.7 Å². The summed E-state index contributed by atoms with van der Waals surface area (Å²) < 4.78 is 1.96. The third kappa shape index (κ3) is 4.39. The zero-order valence-corrected chi connectivity index (χ0v) is 15.4. The molecule has 0 saturated carbocycles. The second-order valence-electron chi connectivity index (χ2n) is 6.14. The molecule has 136 valence electrons. The summed E-state index contributed by atoms with van der Waals surface area (Å²) in [5.74, 6) is 2.08. The molecule has 2 heterocycles. The zero-order valence-electron chi connectivity index (χ0n) is 15.4. The fourth-order valence-electron chi connectivity index (χ4n) is 2.93. The van der Waals surface area contributed by atoms with Gasteiger partial charge >= 0.3 is 0 Å². The van der Waals surface area contributed by atoms with Crippen LogP contribution in [-0.2, 0) is 6.54 Å². The van der Waals surface area contributed by atoms with Crippen molar-refractivity contribution >= 4 is 11.6 Å². The molecule has 0 fully saturated rings. The van der Waals surface area contributed by atoms with E-state index in [4.69, 9.17) is 0 Å². The van der Waals surface area contributed by atoms with E-state index in [9.17, 15) is 0 Å². The van der Waals surface area contributed by atoms with Gasteiger partial charge in [-0.2, -0.15) is 0 Å². The third-order valence-electron chi connectivity index (χ3n) is 4.39. The highest BCUT2D eigenvalue weighted by atomic mass is 15.3. The van der Waals surface area contributed by atoms with Crippen LogP contribution in [0.4, 0.5) is 0 Å². The summed E-state index contributed by atoms with van der Waals surface area (Å²) in [6.45, 7) is 6.41. The molecule has 0 radical (unpaired) electrons. The van der Waals surface area contributed by atoms with Gasteiger partial charge in [-0.1, -0.05) is 43.3 Å². The lowest BCUT2D eigenvalue weighted by Gasteiger charge is -2.18. The lowest BCUT2D eigenvalue weighted by Crippen LogP contribution is -2.39. The Morgan fingerprint density at radius 1 is 1.04 bits per heavy atom. The maximum Gasteiger partial charge on any atom is 0.191 e. The van der Waals surface area contributed by atoms with Crippen molar-refractivity contribution < 1.29 is 0 Å². The SMILES string of the molecule is CCNC(=NCc1nnc2ccccn12)NCC(CC)c1ccccc1. The van der Waals surface area contributed by atoms with E-state index in [1.54, 1.807) is 0 Å². The minimum atomic E-state index is 0.453. The van der Waals surface area contributed by atoms with Crippen molar-refractivity contribution in [3.05, 3.63) is 66.1 Å². The number of aliphatic imine (C=N–C) groups is 1. The van der Waals surface area contributed by atoms with Gasteiger partial charge in [-0.05, 0) is 31.0 Å². The zero-order chi connectivity index (χ0) is 18.2. The number of hydrogen-bond donors (Lipinski definition) is 2. The minimum Gasteiger partial charge on any atom is -0.357 e. The van der Waals surface area contributed by atoms with Crippen molar-refractivity contribution in [2.24, 2.45) is 4.99 Å². The summed E-state index contributed by atoms with van der Waals surface area (Å²) in [5.41, 5.74) is 2.19. The highest BCUT2D eigenvalue weighted by Crippen LogP contribution is 2.17. The van der Waals surface area contributed by atoms with Gasteiger partial charge in [0.25, 0.3) is 0 Å². The minimum absolute atomic E-state index is 0.453. The first kappa shape index (κ1) is 17.9. The highest BCUT2D eigenvalue weighted by Gasteiger charge is 2.10. The Morgan fingerprint density at radius 3 is 2.62 bits per heavy atom. The Hall–Kier alpha value is -2.89. The van der Waals surface area contributed by atoms with E-state index in [0.29, 0.717) is 12.5 Å².